The van der Waals surface area contributed by atoms with Gasteiger partial charge in [-0.25, -0.2) is 4.79 Å². The summed E-state index contributed by atoms with van der Waals surface area (Å²) >= 11 is 5.88. The van der Waals surface area contributed by atoms with E-state index in [1.165, 1.54) is 19.1 Å². The van der Waals surface area contributed by atoms with Crippen LogP contribution in [0.5, 0.6) is 0 Å². The van der Waals surface area contributed by atoms with E-state index < -0.39 is 17.5 Å². The van der Waals surface area contributed by atoms with Gasteiger partial charge in [-0.15, -0.1) is 0 Å². The number of benzene rings is 1. The average Bonchev–Trinajstić information content (AvgIpc) is 2.40. The Labute approximate surface area is 114 Å². The highest BCUT2D eigenvalue weighted by atomic mass is 35.5. The molecule has 0 fully saturated rings. The molecule has 0 atom stereocenters. The summed E-state index contributed by atoms with van der Waals surface area (Å²) in [5.41, 5.74) is 0.336. The summed E-state index contributed by atoms with van der Waals surface area (Å²) in [6.07, 6.45) is 1.13. The van der Waals surface area contributed by atoms with Crippen LogP contribution >= 0.6 is 11.6 Å². The maximum absolute atomic E-state index is 12.2. The number of allylic oxidation sites excluding steroid dienone is 3. The van der Waals surface area contributed by atoms with Gasteiger partial charge in [0.25, 0.3) is 0 Å². The largest absolute Gasteiger partial charge is 0.478 e. The fraction of sp³-hybridized carbons (Fsp3) is 0.0714. The molecular formula is C14H9ClO4. The van der Waals surface area contributed by atoms with Crippen molar-refractivity contribution in [3.8, 4) is 0 Å². The number of carboxylic acid groups (broad SMARTS) is 1. The number of carbonyl (C=O) groups is 3. The fourth-order valence-electron chi connectivity index (χ4n) is 1.77. The van der Waals surface area contributed by atoms with E-state index >= 15 is 0 Å². The molecule has 1 aromatic carbocycles. The Kier molecular flexibility index (Phi) is 3.36. The van der Waals surface area contributed by atoms with Crippen LogP contribution in [0.25, 0.3) is 0 Å². The molecule has 0 saturated heterocycles. The molecule has 0 aromatic heterocycles. The van der Waals surface area contributed by atoms with Crippen molar-refractivity contribution in [3.63, 3.8) is 0 Å². The van der Waals surface area contributed by atoms with Crippen molar-refractivity contribution in [1.29, 1.82) is 0 Å². The summed E-state index contributed by atoms with van der Waals surface area (Å²) < 4.78 is 0. The minimum Gasteiger partial charge on any atom is -0.478 e. The number of aliphatic carboxylic acids is 1. The monoisotopic (exact) mass is 276 g/mol. The van der Waals surface area contributed by atoms with Crippen molar-refractivity contribution in [1.82, 2.24) is 0 Å². The Balaban J connectivity index is 2.61. The highest BCUT2D eigenvalue weighted by Crippen LogP contribution is 2.29. The molecule has 5 heteroatoms. The fourth-order valence-corrected chi connectivity index (χ4v) is 2.01. The molecule has 96 valence electrons. The van der Waals surface area contributed by atoms with Gasteiger partial charge in [-0.1, -0.05) is 35.9 Å². The lowest BCUT2D eigenvalue weighted by molar-refractivity contribution is -0.132. The van der Waals surface area contributed by atoms with E-state index in [2.05, 4.69) is 0 Å². The minimum absolute atomic E-state index is 0.0614. The maximum Gasteiger partial charge on any atom is 0.331 e. The van der Waals surface area contributed by atoms with E-state index in [-0.39, 0.29) is 27.3 Å². The number of Topliss-reactive ketones (excluding diaryl/α,β-unsaturated/α-hetero) is 2. The van der Waals surface area contributed by atoms with Gasteiger partial charge in [0.2, 0.25) is 5.78 Å². The Bertz CT molecular complexity index is 668. The molecule has 0 radical (unpaired) electrons. The third-order valence-electron chi connectivity index (χ3n) is 2.79. The number of hydrogen-bond acceptors (Lipinski definition) is 3. The molecule has 0 unspecified atom stereocenters. The summed E-state index contributed by atoms with van der Waals surface area (Å²) in [4.78, 5) is 35.0. The number of ketones is 2. The molecule has 0 amide bonds. The number of halogens is 1. The van der Waals surface area contributed by atoms with E-state index in [1.807, 2.05) is 0 Å². The lowest BCUT2D eigenvalue weighted by atomic mass is 9.88. The number of rotatable bonds is 2. The second kappa shape index (κ2) is 4.82. The number of hydrogen-bond donors (Lipinski definition) is 1. The van der Waals surface area contributed by atoms with Crippen LogP contribution in [-0.4, -0.2) is 22.6 Å². The van der Waals surface area contributed by atoms with Crippen LogP contribution in [0.2, 0.25) is 0 Å². The van der Waals surface area contributed by atoms with Gasteiger partial charge < -0.3 is 5.11 Å². The molecule has 1 aromatic rings. The molecule has 1 aliphatic rings. The van der Waals surface area contributed by atoms with E-state index in [0.29, 0.717) is 0 Å². The lowest BCUT2D eigenvalue weighted by Gasteiger charge is -2.15. The molecule has 1 N–H and O–H groups in total. The van der Waals surface area contributed by atoms with Crippen molar-refractivity contribution in [3.05, 3.63) is 57.6 Å². The molecule has 4 nitrogen and oxygen atoms in total. The molecule has 0 saturated carbocycles. The third kappa shape index (κ3) is 2.22. The molecule has 2 rings (SSSR count). The Morgan fingerprint density at radius 2 is 1.68 bits per heavy atom. The summed E-state index contributed by atoms with van der Waals surface area (Å²) in [5, 5.41) is 8.57. The Morgan fingerprint density at radius 1 is 1.16 bits per heavy atom. The van der Waals surface area contributed by atoms with Crippen LogP contribution in [0.3, 0.4) is 0 Å². The Hall–Kier alpha value is -2.20. The van der Waals surface area contributed by atoms with Crippen molar-refractivity contribution in [2.24, 2.45) is 0 Å². The van der Waals surface area contributed by atoms with Crippen LogP contribution < -0.4 is 0 Å². The first-order chi connectivity index (χ1) is 8.93. The zero-order chi connectivity index (χ0) is 14.2. The second-order valence-electron chi connectivity index (χ2n) is 4.06. The smallest absolute Gasteiger partial charge is 0.331 e. The maximum atomic E-state index is 12.2. The quantitative estimate of drug-likeness (QED) is 0.843. The normalized spacial score (nSPS) is 15.6. The molecule has 0 spiro atoms. The number of fused-ring (bicyclic) bond motifs is 1. The van der Waals surface area contributed by atoms with Crippen LogP contribution in [-0.2, 0) is 4.79 Å². The predicted molar refractivity (Wildman–Crippen MR) is 69.4 cm³/mol. The van der Waals surface area contributed by atoms with Crippen molar-refractivity contribution in [2.45, 2.75) is 6.92 Å². The highest BCUT2D eigenvalue weighted by molar-refractivity contribution is 6.50. The SMILES string of the molecule is CC(=CC1=C(Cl)C(=O)c2ccccc2C1=O)C(=O)O. The average molecular weight is 277 g/mol. The van der Waals surface area contributed by atoms with Gasteiger partial charge in [-0.05, 0) is 13.0 Å². The van der Waals surface area contributed by atoms with E-state index in [1.54, 1.807) is 12.1 Å². The van der Waals surface area contributed by atoms with Gasteiger partial charge in [0.1, 0.15) is 0 Å². The topological polar surface area (TPSA) is 71.4 Å². The summed E-state index contributed by atoms with van der Waals surface area (Å²) in [5.74, 6) is -2.09. The van der Waals surface area contributed by atoms with Gasteiger partial charge in [-0.3, -0.25) is 9.59 Å². The van der Waals surface area contributed by atoms with Gasteiger partial charge >= 0.3 is 5.97 Å². The van der Waals surface area contributed by atoms with E-state index in [4.69, 9.17) is 16.7 Å². The predicted octanol–water partition coefficient (Wildman–Crippen LogP) is 2.59. The third-order valence-corrected chi connectivity index (χ3v) is 3.17. The van der Waals surface area contributed by atoms with Gasteiger partial charge in [-0.2, -0.15) is 0 Å². The van der Waals surface area contributed by atoms with Crippen molar-refractivity contribution < 1.29 is 19.5 Å². The van der Waals surface area contributed by atoms with Crippen LogP contribution in [0.1, 0.15) is 27.6 Å². The van der Waals surface area contributed by atoms with Gasteiger partial charge in [0.15, 0.2) is 5.78 Å². The lowest BCUT2D eigenvalue weighted by Crippen LogP contribution is -2.19. The standard InChI is InChI=1S/C14H9ClO4/c1-7(14(18)19)6-10-11(15)13(17)9-5-3-2-4-8(9)12(10)16/h2-6H,1H3,(H,18,19). The molecular weight excluding hydrogens is 268 g/mol. The Morgan fingerprint density at radius 3 is 2.21 bits per heavy atom. The molecule has 0 aliphatic heterocycles. The summed E-state index contributed by atoms with van der Waals surface area (Å²) in [6.45, 7) is 1.33. The molecule has 1 aliphatic carbocycles. The van der Waals surface area contributed by atoms with Gasteiger partial charge in [0.05, 0.1) is 5.03 Å². The molecule has 19 heavy (non-hydrogen) atoms. The van der Waals surface area contributed by atoms with E-state index in [0.717, 1.165) is 6.08 Å². The van der Waals surface area contributed by atoms with E-state index in [9.17, 15) is 14.4 Å². The first-order valence-corrected chi connectivity index (χ1v) is 5.81. The minimum atomic E-state index is -1.17. The summed E-state index contributed by atoms with van der Waals surface area (Å²) in [7, 11) is 0. The van der Waals surface area contributed by atoms with Crippen molar-refractivity contribution in [2.75, 3.05) is 0 Å². The van der Waals surface area contributed by atoms with Crippen LogP contribution in [0.15, 0.2) is 46.5 Å². The molecule has 0 bridgehead atoms. The highest BCUT2D eigenvalue weighted by Gasteiger charge is 2.30. The number of carboxylic acids is 1. The number of carbonyl (C=O) groups excluding carboxylic acids is 2. The first kappa shape index (κ1) is 13.2. The van der Waals surface area contributed by atoms with Crippen LogP contribution in [0, 0.1) is 0 Å². The van der Waals surface area contributed by atoms with Crippen molar-refractivity contribution >= 4 is 29.1 Å². The molecule has 0 heterocycles. The van der Waals surface area contributed by atoms with Gasteiger partial charge in [0, 0.05) is 22.3 Å². The first-order valence-electron chi connectivity index (χ1n) is 5.43. The van der Waals surface area contributed by atoms with Crippen LogP contribution in [0.4, 0.5) is 0 Å². The summed E-state index contributed by atoms with van der Waals surface area (Å²) in [6, 6.07) is 6.30. The zero-order valence-electron chi connectivity index (χ0n) is 9.94. The second-order valence-corrected chi connectivity index (χ2v) is 4.44. The zero-order valence-corrected chi connectivity index (χ0v) is 10.7.